The Morgan fingerprint density at radius 1 is 1.06 bits per heavy atom. The number of nitrogens with zero attached hydrogens (tertiary/aromatic N) is 2. The van der Waals surface area contributed by atoms with Gasteiger partial charge in [0, 0.05) is 6.20 Å². The molecule has 0 spiro atoms. The Balaban J connectivity index is 0.000000771. The molecule has 0 fully saturated rings. The number of hydrogen-bond acceptors (Lipinski definition) is 1. The molecule has 0 aliphatic heterocycles. The van der Waals surface area contributed by atoms with Gasteiger partial charge in [0.25, 0.3) is 0 Å². The summed E-state index contributed by atoms with van der Waals surface area (Å²) in [6.07, 6.45) is -0.890. The van der Waals surface area contributed by atoms with E-state index in [1.54, 1.807) is 12.4 Å². The summed E-state index contributed by atoms with van der Waals surface area (Å²) in [7, 11) is 0. The van der Waals surface area contributed by atoms with Crippen molar-refractivity contribution in [1.29, 1.82) is 0 Å². The summed E-state index contributed by atoms with van der Waals surface area (Å²) in [6.45, 7) is 5.87. The number of aromatic nitrogens is 2. The lowest BCUT2D eigenvalue weighted by Crippen LogP contribution is -2.05. The van der Waals surface area contributed by atoms with E-state index in [-0.39, 0.29) is 0 Å². The minimum atomic E-state index is -4.29. The molecule has 2 rings (SSSR count). The minimum Gasteiger partial charge on any atom is -0.241 e. The largest absolute Gasteiger partial charge is 0.416 e. The number of rotatable bonds is 1. The normalized spacial score (nSPS) is 10.8. The highest BCUT2D eigenvalue weighted by atomic mass is 19.4. The summed E-state index contributed by atoms with van der Waals surface area (Å²) in [6, 6.07) is 4.89. The van der Waals surface area contributed by atoms with Crippen LogP contribution in [0.15, 0.2) is 36.7 Å². The van der Waals surface area contributed by atoms with E-state index in [0.29, 0.717) is 5.69 Å². The van der Waals surface area contributed by atoms with Crippen LogP contribution in [0.3, 0.4) is 0 Å². The molecule has 1 heterocycles. The number of halogens is 3. The maximum absolute atomic E-state index is 12.3. The lowest BCUT2D eigenvalue weighted by molar-refractivity contribution is -0.137. The summed E-state index contributed by atoms with van der Waals surface area (Å²) >= 11 is 0. The van der Waals surface area contributed by atoms with Crippen LogP contribution in [0, 0.1) is 6.92 Å². The van der Waals surface area contributed by atoms with E-state index >= 15 is 0 Å². The van der Waals surface area contributed by atoms with Crippen LogP contribution in [-0.4, -0.2) is 9.78 Å². The highest BCUT2D eigenvalue weighted by molar-refractivity contribution is 5.35. The highest BCUT2D eigenvalue weighted by Crippen LogP contribution is 2.29. The molecule has 0 aliphatic rings. The van der Waals surface area contributed by atoms with Crippen molar-refractivity contribution >= 4 is 0 Å². The molecule has 0 radical (unpaired) electrons. The Labute approximate surface area is 104 Å². The summed E-state index contributed by atoms with van der Waals surface area (Å²) in [5, 5.41) is 4.01. The topological polar surface area (TPSA) is 17.8 Å². The second-order valence-electron chi connectivity index (χ2n) is 3.51. The molecule has 5 heteroatoms. The first kappa shape index (κ1) is 14.3. The first-order valence-electron chi connectivity index (χ1n) is 5.66. The highest BCUT2D eigenvalue weighted by Gasteiger charge is 2.29. The molecular weight excluding hydrogens is 241 g/mol. The third-order valence-corrected chi connectivity index (χ3v) is 2.17. The van der Waals surface area contributed by atoms with Crippen LogP contribution in [0.4, 0.5) is 13.2 Å². The Hall–Kier alpha value is -1.78. The summed E-state index contributed by atoms with van der Waals surface area (Å²) in [5.74, 6) is 0. The monoisotopic (exact) mass is 256 g/mol. The zero-order valence-electron chi connectivity index (χ0n) is 10.5. The maximum Gasteiger partial charge on any atom is 0.416 e. The van der Waals surface area contributed by atoms with Crippen molar-refractivity contribution in [2.75, 3.05) is 0 Å². The van der Waals surface area contributed by atoms with Crippen molar-refractivity contribution in [3.8, 4) is 5.69 Å². The van der Waals surface area contributed by atoms with Crippen molar-refractivity contribution in [2.45, 2.75) is 26.9 Å². The maximum atomic E-state index is 12.3. The van der Waals surface area contributed by atoms with Gasteiger partial charge in [-0.3, -0.25) is 0 Å². The lowest BCUT2D eigenvalue weighted by Gasteiger charge is -2.07. The van der Waals surface area contributed by atoms with Crippen LogP contribution in [-0.2, 0) is 6.18 Å². The van der Waals surface area contributed by atoms with Crippen LogP contribution in [0.1, 0.15) is 25.0 Å². The quantitative estimate of drug-likeness (QED) is 0.746. The van der Waals surface area contributed by atoms with E-state index in [4.69, 9.17) is 0 Å². The molecule has 1 aromatic carbocycles. The molecule has 98 valence electrons. The van der Waals surface area contributed by atoms with E-state index in [0.717, 1.165) is 17.7 Å². The van der Waals surface area contributed by atoms with Crippen molar-refractivity contribution in [3.63, 3.8) is 0 Å². The number of benzene rings is 1. The smallest absolute Gasteiger partial charge is 0.241 e. The third-order valence-electron chi connectivity index (χ3n) is 2.17. The molecule has 2 nitrogen and oxygen atoms in total. The predicted molar refractivity (Wildman–Crippen MR) is 64.7 cm³/mol. The van der Waals surface area contributed by atoms with Crippen LogP contribution < -0.4 is 0 Å². The Kier molecular flexibility index (Phi) is 4.53. The molecule has 0 amide bonds. The number of hydrogen-bond donors (Lipinski definition) is 0. The summed E-state index contributed by atoms with van der Waals surface area (Å²) < 4.78 is 38.4. The molecule has 0 atom stereocenters. The standard InChI is InChI=1S/C11H9F3N2.C2H6/c1-8-6-15-16(7-8)10-4-2-9(3-5-10)11(12,13)14;1-2/h2-7H,1H3;1-2H3. The predicted octanol–water partition coefficient (Wildman–Crippen LogP) is 4.23. The van der Waals surface area contributed by atoms with E-state index in [1.807, 2.05) is 20.8 Å². The summed E-state index contributed by atoms with van der Waals surface area (Å²) in [4.78, 5) is 0. The van der Waals surface area contributed by atoms with Crippen LogP contribution in [0.2, 0.25) is 0 Å². The Morgan fingerprint density at radius 3 is 2.00 bits per heavy atom. The molecule has 0 saturated carbocycles. The van der Waals surface area contributed by atoms with Gasteiger partial charge in [0.1, 0.15) is 0 Å². The van der Waals surface area contributed by atoms with Gasteiger partial charge in [-0.25, -0.2) is 4.68 Å². The van der Waals surface area contributed by atoms with Gasteiger partial charge in [0.2, 0.25) is 0 Å². The van der Waals surface area contributed by atoms with Crippen LogP contribution >= 0.6 is 0 Å². The Morgan fingerprint density at radius 2 is 1.61 bits per heavy atom. The molecule has 18 heavy (non-hydrogen) atoms. The molecule has 0 bridgehead atoms. The average molecular weight is 256 g/mol. The second-order valence-corrected chi connectivity index (χ2v) is 3.51. The van der Waals surface area contributed by atoms with Gasteiger partial charge in [-0.05, 0) is 36.8 Å². The molecular formula is C13H15F3N2. The van der Waals surface area contributed by atoms with Gasteiger partial charge in [-0.1, -0.05) is 13.8 Å². The van der Waals surface area contributed by atoms with E-state index in [1.165, 1.54) is 16.8 Å². The van der Waals surface area contributed by atoms with Crippen molar-refractivity contribution in [1.82, 2.24) is 9.78 Å². The van der Waals surface area contributed by atoms with Gasteiger partial charge in [0.15, 0.2) is 0 Å². The molecule has 0 unspecified atom stereocenters. The van der Waals surface area contributed by atoms with E-state index in [2.05, 4.69) is 5.10 Å². The van der Waals surface area contributed by atoms with Gasteiger partial charge >= 0.3 is 6.18 Å². The van der Waals surface area contributed by atoms with Gasteiger partial charge < -0.3 is 0 Å². The third kappa shape index (κ3) is 3.35. The molecule has 2 aromatic rings. The van der Waals surface area contributed by atoms with Crippen molar-refractivity contribution in [2.24, 2.45) is 0 Å². The Bertz CT molecular complexity index is 484. The molecule has 0 aliphatic carbocycles. The lowest BCUT2D eigenvalue weighted by atomic mass is 10.2. The van der Waals surface area contributed by atoms with Gasteiger partial charge in [-0.2, -0.15) is 18.3 Å². The summed E-state index contributed by atoms with van der Waals surface area (Å²) in [5.41, 5.74) is 0.918. The molecule has 0 N–H and O–H groups in total. The molecule has 1 aromatic heterocycles. The minimum absolute atomic E-state index is 0.612. The number of alkyl halides is 3. The zero-order chi connectivity index (χ0) is 13.8. The van der Waals surface area contributed by atoms with Gasteiger partial charge in [0.05, 0.1) is 17.4 Å². The van der Waals surface area contributed by atoms with Crippen LogP contribution in [0.25, 0.3) is 5.69 Å². The van der Waals surface area contributed by atoms with Crippen LogP contribution in [0.5, 0.6) is 0 Å². The van der Waals surface area contributed by atoms with E-state index < -0.39 is 11.7 Å². The first-order valence-corrected chi connectivity index (χ1v) is 5.66. The fraction of sp³-hybridized carbons (Fsp3) is 0.308. The SMILES string of the molecule is CC.Cc1cnn(-c2ccc(C(F)(F)F)cc2)c1. The molecule has 0 saturated heterocycles. The van der Waals surface area contributed by atoms with E-state index in [9.17, 15) is 13.2 Å². The second kappa shape index (κ2) is 5.71. The van der Waals surface area contributed by atoms with Gasteiger partial charge in [-0.15, -0.1) is 0 Å². The first-order chi connectivity index (χ1) is 8.47. The fourth-order valence-electron chi connectivity index (χ4n) is 1.36. The number of aryl methyl sites for hydroxylation is 1. The average Bonchev–Trinajstić information content (AvgIpc) is 2.78. The van der Waals surface area contributed by atoms with Crippen molar-refractivity contribution < 1.29 is 13.2 Å². The zero-order valence-corrected chi connectivity index (χ0v) is 10.5. The fourth-order valence-corrected chi connectivity index (χ4v) is 1.36. The van der Waals surface area contributed by atoms with Crippen molar-refractivity contribution in [3.05, 3.63) is 47.8 Å².